The Kier molecular flexibility index (Phi) is 3.81. The minimum atomic E-state index is -2.80. The van der Waals surface area contributed by atoms with Crippen LogP contribution in [0.15, 0.2) is 6.07 Å². The first kappa shape index (κ1) is 11.7. The zero-order valence-corrected chi connectivity index (χ0v) is 8.55. The van der Waals surface area contributed by atoms with Crippen molar-refractivity contribution in [3.05, 3.63) is 23.0 Å². The van der Waals surface area contributed by atoms with E-state index >= 15 is 0 Å². The van der Waals surface area contributed by atoms with Gasteiger partial charge in [0.25, 0.3) is 6.43 Å². The number of hydrogen-bond donors (Lipinski definition) is 0. The van der Waals surface area contributed by atoms with E-state index in [1.165, 1.54) is 13.2 Å². The molecule has 0 saturated carbocycles. The number of nitriles is 1. The Bertz CT molecular complexity index is 404. The van der Waals surface area contributed by atoms with E-state index in [1.807, 2.05) is 0 Å². The van der Waals surface area contributed by atoms with Crippen LogP contribution in [0.5, 0.6) is 5.75 Å². The van der Waals surface area contributed by atoms with Gasteiger partial charge in [0.05, 0.1) is 24.2 Å². The Morgan fingerprint density at radius 1 is 1.67 bits per heavy atom. The first-order valence-corrected chi connectivity index (χ1v) is 4.49. The van der Waals surface area contributed by atoms with Crippen molar-refractivity contribution >= 4 is 11.6 Å². The zero-order valence-electron chi connectivity index (χ0n) is 7.80. The normalized spacial score (nSPS) is 10.1. The highest BCUT2D eigenvalue weighted by molar-refractivity contribution is 6.16. The molecule has 0 aromatic carbocycles. The molecule has 0 aliphatic heterocycles. The lowest BCUT2D eigenvalue weighted by atomic mass is 10.2. The fourth-order valence-electron chi connectivity index (χ4n) is 1.12. The summed E-state index contributed by atoms with van der Waals surface area (Å²) in [7, 11) is 1.21. The van der Waals surface area contributed by atoms with Crippen LogP contribution in [0.2, 0.25) is 0 Å². The second-order valence-electron chi connectivity index (χ2n) is 2.63. The number of aromatic nitrogens is 1. The molecule has 0 unspecified atom stereocenters. The van der Waals surface area contributed by atoms with Crippen molar-refractivity contribution in [2.24, 2.45) is 0 Å². The van der Waals surface area contributed by atoms with Gasteiger partial charge in [-0.05, 0) is 6.07 Å². The van der Waals surface area contributed by atoms with Gasteiger partial charge in [-0.2, -0.15) is 5.26 Å². The quantitative estimate of drug-likeness (QED) is 0.753. The molecule has 0 amide bonds. The molecule has 0 N–H and O–H groups in total. The molecule has 0 fully saturated rings. The molecule has 1 aromatic heterocycles. The predicted octanol–water partition coefficient (Wildman–Crippen LogP) is 2.64. The molecule has 0 bridgehead atoms. The summed E-state index contributed by atoms with van der Waals surface area (Å²) in [6.07, 6.45) is -2.80. The van der Waals surface area contributed by atoms with E-state index in [9.17, 15) is 8.78 Å². The molecule has 80 valence electrons. The van der Waals surface area contributed by atoms with E-state index < -0.39 is 12.1 Å². The van der Waals surface area contributed by atoms with Gasteiger partial charge in [-0.1, -0.05) is 0 Å². The van der Waals surface area contributed by atoms with Gasteiger partial charge in [0.15, 0.2) is 5.75 Å². The summed E-state index contributed by atoms with van der Waals surface area (Å²) < 4.78 is 29.8. The largest absolute Gasteiger partial charge is 0.493 e. The van der Waals surface area contributed by atoms with E-state index in [0.717, 1.165) is 0 Å². The number of rotatable bonds is 3. The molecular weight excluding hydrogens is 226 g/mol. The number of hydrogen-bond acceptors (Lipinski definition) is 3. The van der Waals surface area contributed by atoms with Crippen molar-refractivity contribution < 1.29 is 13.5 Å². The number of methoxy groups -OCH3 is 1. The highest BCUT2D eigenvalue weighted by Crippen LogP contribution is 2.30. The first-order chi connectivity index (χ1) is 7.13. The Morgan fingerprint density at radius 2 is 2.33 bits per heavy atom. The molecule has 0 radical (unpaired) electrons. The van der Waals surface area contributed by atoms with Crippen LogP contribution in [0, 0.1) is 11.3 Å². The highest BCUT2D eigenvalue weighted by Gasteiger charge is 2.20. The topological polar surface area (TPSA) is 45.9 Å². The van der Waals surface area contributed by atoms with Crippen LogP contribution in [0.25, 0.3) is 0 Å². The molecular formula is C9H7ClF2N2O. The zero-order chi connectivity index (χ0) is 11.4. The van der Waals surface area contributed by atoms with Gasteiger partial charge in [0.1, 0.15) is 11.8 Å². The molecule has 1 aromatic rings. The van der Waals surface area contributed by atoms with Crippen LogP contribution in [-0.2, 0) is 5.88 Å². The number of pyridine rings is 1. The molecule has 1 heterocycles. The molecule has 15 heavy (non-hydrogen) atoms. The van der Waals surface area contributed by atoms with Crippen LogP contribution in [0.1, 0.15) is 23.4 Å². The summed E-state index contributed by atoms with van der Waals surface area (Å²) in [5.41, 5.74) is -0.310. The molecule has 6 heteroatoms. The van der Waals surface area contributed by atoms with Crippen LogP contribution in [-0.4, -0.2) is 12.1 Å². The van der Waals surface area contributed by atoms with Gasteiger partial charge < -0.3 is 4.74 Å². The Hall–Kier alpha value is -1.41. The summed E-state index contributed by atoms with van der Waals surface area (Å²) in [4.78, 5) is 3.61. The molecule has 0 spiro atoms. The lowest BCUT2D eigenvalue weighted by Gasteiger charge is -2.09. The first-order valence-electron chi connectivity index (χ1n) is 3.96. The molecule has 1 rings (SSSR count). The third kappa shape index (κ3) is 2.34. The van der Waals surface area contributed by atoms with Gasteiger partial charge in [-0.15, -0.1) is 11.6 Å². The lowest BCUT2D eigenvalue weighted by molar-refractivity contribution is 0.141. The minimum Gasteiger partial charge on any atom is -0.493 e. The van der Waals surface area contributed by atoms with Crippen molar-refractivity contribution in [3.63, 3.8) is 0 Å². The maximum absolute atomic E-state index is 12.6. The third-order valence-corrected chi connectivity index (χ3v) is 1.99. The van der Waals surface area contributed by atoms with Crippen molar-refractivity contribution in [2.75, 3.05) is 7.11 Å². The van der Waals surface area contributed by atoms with Crippen LogP contribution >= 0.6 is 11.6 Å². The average Bonchev–Trinajstić information content (AvgIpc) is 2.26. The molecule has 0 atom stereocenters. The third-order valence-electron chi connectivity index (χ3n) is 1.72. The van der Waals surface area contributed by atoms with Crippen LogP contribution < -0.4 is 4.74 Å². The van der Waals surface area contributed by atoms with Crippen molar-refractivity contribution in [2.45, 2.75) is 12.3 Å². The average molecular weight is 233 g/mol. The number of ether oxygens (including phenoxy) is 1. The van der Waals surface area contributed by atoms with Crippen LogP contribution in [0.3, 0.4) is 0 Å². The van der Waals surface area contributed by atoms with Crippen LogP contribution in [0.4, 0.5) is 8.78 Å². The maximum Gasteiger partial charge on any atom is 0.284 e. The van der Waals surface area contributed by atoms with Gasteiger partial charge in [0.2, 0.25) is 0 Å². The Morgan fingerprint density at radius 3 is 2.73 bits per heavy atom. The number of nitrogens with zero attached hydrogens (tertiary/aromatic N) is 2. The maximum atomic E-state index is 12.6. The smallest absolute Gasteiger partial charge is 0.284 e. The standard InChI is InChI=1S/C9H7ClF2N2O/c1-15-8-5(4-13)2-6(3-10)14-7(8)9(11)12/h2,9H,3H2,1H3. The summed E-state index contributed by atoms with van der Waals surface area (Å²) in [6, 6.07) is 3.09. The predicted molar refractivity (Wildman–Crippen MR) is 50.0 cm³/mol. The van der Waals surface area contributed by atoms with E-state index in [4.69, 9.17) is 21.6 Å². The van der Waals surface area contributed by atoms with Crippen molar-refractivity contribution in [3.8, 4) is 11.8 Å². The summed E-state index contributed by atoms with van der Waals surface area (Å²) in [5.74, 6) is -0.223. The summed E-state index contributed by atoms with van der Waals surface area (Å²) in [5, 5.41) is 8.73. The molecule has 3 nitrogen and oxygen atoms in total. The lowest BCUT2D eigenvalue weighted by Crippen LogP contribution is -2.02. The van der Waals surface area contributed by atoms with Gasteiger partial charge in [-0.3, -0.25) is 0 Å². The Labute approximate surface area is 90.3 Å². The second-order valence-corrected chi connectivity index (χ2v) is 2.89. The molecule has 0 saturated heterocycles. The summed E-state index contributed by atoms with van der Waals surface area (Å²) in [6.45, 7) is 0. The monoisotopic (exact) mass is 232 g/mol. The number of alkyl halides is 3. The van der Waals surface area contributed by atoms with E-state index in [1.54, 1.807) is 6.07 Å². The van der Waals surface area contributed by atoms with E-state index in [0.29, 0.717) is 0 Å². The molecule has 0 aliphatic carbocycles. The SMILES string of the molecule is COc1c(C#N)cc(CCl)nc1C(F)F. The fourth-order valence-corrected chi connectivity index (χ4v) is 1.26. The second kappa shape index (κ2) is 4.89. The minimum absolute atomic E-state index is 0.0125. The molecule has 0 aliphatic rings. The highest BCUT2D eigenvalue weighted by atomic mass is 35.5. The fraction of sp³-hybridized carbons (Fsp3) is 0.333. The van der Waals surface area contributed by atoms with Gasteiger partial charge in [0, 0.05) is 0 Å². The Balaban J connectivity index is 3.41. The van der Waals surface area contributed by atoms with Crippen molar-refractivity contribution in [1.82, 2.24) is 4.98 Å². The van der Waals surface area contributed by atoms with Gasteiger partial charge in [-0.25, -0.2) is 13.8 Å². The number of halogens is 3. The van der Waals surface area contributed by atoms with E-state index in [-0.39, 0.29) is 22.9 Å². The van der Waals surface area contributed by atoms with E-state index in [2.05, 4.69) is 4.98 Å². The summed E-state index contributed by atoms with van der Waals surface area (Å²) >= 11 is 5.47. The van der Waals surface area contributed by atoms with Gasteiger partial charge >= 0.3 is 0 Å². The van der Waals surface area contributed by atoms with Crippen molar-refractivity contribution in [1.29, 1.82) is 5.26 Å².